The summed E-state index contributed by atoms with van der Waals surface area (Å²) < 4.78 is 23.3. The molecule has 5 N–H and O–H groups in total. The third-order valence-corrected chi connectivity index (χ3v) is 4.52. The predicted octanol–water partition coefficient (Wildman–Crippen LogP) is 0.848. The summed E-state index contributed by atoms with van der Waals surface area (Å²) in [7, 11) is -3.82. The van der Waals surface area contributed by atoms with Crippen molar-refractivity contribution in [1.29, 1.82) is 0 Å². The van der Waals surface area contributed by atoms with Gasteiger partial charge in [-0.2, -0.15) is 9.67 Å². The van der Waals surface area contributed by atoms with Crippen LogP contribution in [0.15, 0.2) is 53.4 Å². The molecule has 0 spiro atoms. The zero-order chi connectivity index (χ0) is 20.5. The molecule has 0 atom stereocenters. The molecule has 0 amide bonds. The van der Waals surface area contributed by atoms with Gasteiger partial charge in [0.05, 0.1) is 9.82 Å². The third-order valence-electron chi connectivity index (χ3n) is 3.59. The van der Waals surface area contributed by atoms with Gasteiger partial charge in [-0.05, 0) is 36.4 Å². The molecule has 3 rings (SSSR count). The van der Waals surface area contributed by atoms with Gasteiger partial charge in [0.2, 0.25) is 21.9 Å². The monoisotopic (exact) mass is 403 g/mol. The third kappa shape index (κ3) is 3.94. The van der Waals surface area contributed by atoms with Gasteiger partial charge in [-0.1, -0.05) is 0 Å². The van der Waals surface area contributed by atoms with Crippen LogP contribution in [0.25, 0.3) is 0 Å². The van der Waals surface area contributed by atoms with Crippen molar-refractivity contribution in [2.45, 2.75) is 4.90 Å². The highest BCUT2D eigenvalue weighted by molar-refractivity contribution is 7.89. The summed E-state index contributed by atoms with van der Waals surface area (Å²) >= 11 is 0. The molecule has 0 fully saturated rings. The molecule has 0 saturated carbocycles. The van der Waals surface area contributed by atoms with Crippen LogP contribution in [0.4, 0.5) is 23.3 Å². The van der Waals surface area contributed by atoms with Crippen LogP contribution in [0.5, 0.6) is 0 Å². The van der Waals surface area contributed by atoms with Crippen LogP contribution in [-0.4, -0.2) is 34.0 Å². The Labute approximate surface area is 158 Å². The number of anilines is 3. The van der Waals surface area contributed by atoms with Gasteiger partial charge in [0.15, 0.2) is 0 Å². The number of nitro benzene ring substituents is 1. The average Bonchev–Trinajstić information content (AvgIpc) is 3.01. The summed E-state index contributed by atoms with van der Waals surface area (Å²) in [5, 5.41) is 22.4. The number of nitrogen functional groups attached to an aromatic ring is 1. The molecular formula is C15H13N7O5S. The maximum absolute atomic E-state index is 12.5. The number of non-ortho nitro benzene ring substituents is 1. The summed E-state index contributed by atoms with van der Waals surface area (Å²) in [4.78, 5) is 26.4. The first-order chi connectivity index (χ1) is 13.1. The molecule has 0 aliphatic rings. The number of sulfonamides is 1. The number of benzene rings is 2. The minimum Gasteiger partial charge on any atom is -0.368 e. The van der Waals surface area contributed by atoms with E-state index >= 15 is 0 Å². The Bertz CT molecular complexity index is 1150. The number of rotatable bonds is 5. The molecule has 0 aliphatic carbocycles. The van der Waals surface area contributed by atoms with E-state index in [1.54, 1.807) is 0 Å². The number of carbonyl (C=O) groups excluding carboxylic acids is 1. The van der Waals surface area contributed by atoms with Crippen molar-refractivity contribution in [3.63, 3.8) is 0 Å². The summed E-state index contributed by atoms with van der Waals surface area (Å²) in [5.74, 6) is -0.833. The predicted molar refractivity (Wildman–Crippen MR) is 98.4 cm³/mol. The highest BCUT2D eigenvalue weighted by Crippen LogP contribution is 2.18. The van der Waals surface area contributed by atoms with Gasteiger partial charge < -0.3 is 11.1 Å². The first-order valence-electron chi connectivity index (χ1n) is 7.57. The topological polar surface area (TPSA) is 189 Å². The van der Waals surface area contributed by atoms with E-state index in [-0.39, 0.29) is 28.0 Å². The second-order valence-corrected chi connectivity index (χ2v) is 7.07. The number of nitro groups is 1. The first kappa shape index (κ1) is 18.9. The van der Waals surface area contributed by atoms with E-state index in [9.17, 15) is 23.3 Å². The Balaban J connectivity index is 1.80. The summed E-state index contributed by atoms with van der Waals surface area (Å²) in [6.07, 6.45) is 0. The molecule has 0 unspecified atom stereocenters. The Morgan fingerprint density at radius 3 is 2.25 bits per heavy atom. The molecular weight excluding hydrogens is 390 g/mol. The largest absolute Gasteiger partial charge is 0.368 e. The SMILES string of the molecule is Nc1nc(Nc2ccc(S(N)(=O)=O)cc2)nn1C(=O)c1ccc([N+](=O)[O-])cc1. The number of nitrogens with two attached hydrogens (primary N) is 2. The van der Waals surface area contributed by atoms with Crippen molar-refractivity contribution < 1.29 is 18.1 Å². The van der Waals surface area contributed by atoms with E-state index < -0.39 is 20.9 Å². The fourth-order valence-corrected chi connectivity index (χ4v) is 2.75. The highest BCUT2D eigenvalue weighted by Gasteiger charge is 2.17. The van der Waals surface area contributed by atoms with Gasteiger partial charge in [-0.25, -0.2) is 13.6 Å². The minimum absolute atomic E-state index is 0.00360. The van der Waals surface area contributed by atoms with Crippen molar-refractivity contribution in [3.05, 3.63) is 64.2 Å². The lowest BCUT2D eigenvalue weighted by atomic mass is 10.2. The Morgan fingerprint density at radius 1 is 1.11 bits per heavy atom. The number of aromatic nitrogens is 3. The highest BCUT2D eigenvalue weighted by atomic mass is 32.2. The normalized spacial score (nSPS) is 11.2. The average molecular weight is 403 g/mol. The van der Waals surface area contributed by atoms with Crippen molar-refractivity contribution in [1.82, 2.24) is 14.8 Å². The van der Waals surface area contributed by atoms with Gasteiger partial charge in [-0.3, -0.25) is 14.9 Å². The van der Waals surface area contributed by atoms with Crippen LogP contribution in [0.2, 0.25) is 0 Å². The maximum Gasteiger partial charge on any atom is 0.281 e. The van der Waals surface area contributed by atoms with E-state index in [0.717, 1.165) is 4.68 Å². The molecule has 0 saturated heterocycles. The molecule has 144 valence electrons. The fourth-order valence-electron chi connectivity index (χ4n) is 2.23. The molecule has 3 aromatic rings. The molecule has 12 nitrogen and oxygen atoms in total. The second-order valence-electron chi connectivity index (χ2n) is 5.51. The molecule has 28 heavy (non-hydrogen) atoms. The quantitative estimate of drug-likeness (QED) is 0.409. The van der Waals surface area contributed by atoms with Crippen molar-refractivity contribution in [3.8, 4) is 0 Å². The fraction of sp³-hybridized carbons (Fsp3) is 0. The van der Waals surface area contributed by atoms with E-state index in [0.29, 0.717) is 5.69 Å². The molecule has 13 heteroatoms. The summed E-state index contributed by atoms with van der Waals surface area (Å²) in [6.45, 7) is 0. The van der Waals surface area contributed by atoms with E-state index in [2.05, 4.69) is 15.4 Å². The van der Waals surface area contributed by atoms with Crippen LogP contribution in [-0.2, 0) is 10.0 Å². The number of hydrogen-bond acceptors (Lipinski definition) is 9. The summed E-state index contributed by atoms with van der Waals surface area (Å²) in [6, 6.07) is 10.4. The Hall–Kier alpha value is -3.84. The zero-order valence-electron chi connectivity index (χ0n) is 14.0. The smallest absolute Gasteiger partial charge is 0.281 e. The molecule has 0 radical (unpaired) electrons. The maximum atomic E-state index is 12.5. The van der Waals surface area contributed by atoms with Crippen LogP contribution < -0.4 is 16.2 Å². The van der Waals surface area contributed by atoms with Crippen molar-refractivity contribution in [2.75, 3.05) is 11.1 Å². The number of hydrogen-bond donors (Lipinski definition) is 3. The minimum atomic E-state index is -3.82. The van der Waals surface area contributed by atoms with Gasteiger partial charge in [0.25, 0.3) is 11.6 Å². The Kier molecular flexibility index (Phi) is 4.77. The van der Waals surface area contributed by atoms with Crippen LogP contribution in [0, 0.1) is 10.1 Å². The molecule has 0 aliphatic heterocycles. The molecule has 1 heterocycles. The first-order valence-corrected chi connectivity index (χ1v) is 9.11. The van der Waals surface area contributed by atoms with E-state index in [1.165, 1.54) is 48.5 Å². The zero-order valence-corrected chi connectivity index (χ0v) is 14.8. The van der Waals surface area contributed by atoms with Gasteiger partial charge in [-0.15, -0.1) is 5.10 Å². The number of nitrogens with one attached hydrogen (secondary N) is 1. The van der Waals surface area contributed by atoms with E-state index in [1.807, 2.05) is 0 Å². The molecule has 1 aromatic heterocycles. The lowest BCUT2D eigenvalue weighted by Gasteiger charge is -2.03. The van der Waals surface area contributed by atoms with E-state index in [4.69, 9.17) is 10.9 Å². The number of carbonyl (C=O) groups is 1. The van der Waals surface area contributed by atoms with Crippen LogP contribution >= 0.6 is 0 Å². The standard InChI is InChI=1S/C15H13N7O5S/c16-14-19-15(18-10-3-7-12(8-4-10)28(17,26)27)20-21(14)13(23)9-1-5-11(6-2-9)22(24)25/h1-8H,(H2,17,26,27)(H3,16,18,19,20). The van der Waals surface area contributed by atoms with Gasteiger partial charge >= 0.3 is 0 Å². The second kappa shape index (κ2) is 7.05. The van der Waals surface area contributed by atoms with Crippen LogP contribution in [0.1, 0.15) is 10.4 Å². The van der Waals surface area contributed by atoms with Crippen molar-refractivity contribution >= 4 is 39.2 Å². The summed E-state index contributed by atoms with van der Waals surface area (Å²) in [5.41, 5.74) is 6.13. The van der Waals surface area contributed by atoms with Gasteiger partial charge in [0, 0.05) is 23.4 Å². The van der Waals surface area contributed by atoms with Gasteiger partial charge in [0.1, 0.15) is 0 Å². The number of primary sulfonamides is 1. The lowest BCUT2D eigenvalue weighted by Crippen LogP contribution is -2.16. The molecule has 2 aromatic carbocycles. The Morgan fingerprint density at radius 2 is 1.71 bits per heavy atom. The molecule has 0 bridgehead atoms. The van der Waals surface area contributed by atoms with Crippen LogP contribution in [0.3, 0.4) is 0 Å². The van der Waals surface area contributed by atoms with Crippen molar-refractivity contribution in [2.24, 2.45) is 5.14 Å². The lowest BCUT2D eigenvalue weighted by molar-refractivity contribution is -0.384. The number of nitrogens with zero attached hydrogens (tertiary/aromatic N) is 4.